The van der Waals surface area contributed by atoms with E-state index in [2.05, 4.69) is 31.6 Å². The molecule has 0 spiro atoms. The van der Waals surface area contributed by atoms with Gasteiger partial charge in [-0.1, -0.05) is 28.1 Å². The number of nitrogens with one attached hydrogen (secondary N) is 1. The molecule has 2 heterocycles. The van der Waals surface area contributed by atoms with Crippen LogP contribution in [0.5, 0.6) is 0 Å². The first-order chi connectivity index (χ1) is 9.31. The van der Waals surface area contributed by atoms with E-state index in [0.29, 0.717) is 6.54 Å². The topological polar surface area (TPSA) is 55.9 Å². The molecule has 6 heteroatoms. The number of hydrogen-bond acceptors (Lipinski definition) is 4. The lowest BCUT2D eigenvalue weighted by Crippen LogP contribution is -2.11. The normalized spacial score (nSPS) is 10.6. The van der Waals surface area contributed by atoms with Gasteiger partial charge in [-0.05, 0) is 24.3 Å². The summed E-state index contributed by atoms with van der Waals surface area (Å²) in [5, 5.41) is 7.42. The largest absolute Gasteiger partial charge is 0.459 e. The summed E-state index contributed by atoms with van der Waals surface area (Å²) in [7, 11) is 0. The number of nitrogens with zero attached hydrogens (tertiary/aromatic N) is 3. The van der Waals surface area contributed by atoms with E-state index in [9.17, 15) is 0 Å². The quantitative estimate of drug-likeness (QED) is 0.803. The van der Waals surface area contributed by atoms with Crippen LogP contribution in [0.3, 0.4) is 0 Å². The van der Waals surface area contributed by atoms with Gasteiger partial charge in [-0.25, -0.2) is 4.68 Å². The van der Waals surface area contributed by atoms with Crippen molar-refractivity contribution in [1.82, 2.24) is 14.9 Å². The molecule has 0 atom stereocenters. The van der Waals surface area contributed by atoms with E-state index in [4.69, 9.17) is 4.42 Å². The third kappa shape index (κ3) is 2.85. The third-order valence-corrected chi connectivity index (χ3v) is 3.17. The van der Waals surface area contributed by atoms with Crippen LogP contribution in [0.2, 0.25) is 0 Å². The Labute approximate surface area is 118 Å². The predicted molar refractivity (Wildman–Crippen MR) is 74.9 cm³/mol. The zero-order chi connectivity index (χ0) is 13.1. The summed E-state index contributed by atoms with van der Waals surface area (Å²) in [5.41, 5.74) is 4.16. The van der Waals surface area contributed by atoms with E-state index in [1.165, 1.54) is 0 Å². The molecular weight excluding hydrogens is 308 g/mol. The van der Waals surface area contributed by atoms with Crippen LogP contribution in [0.15, 0.2) is 57.9 Å². The van der Waals surface area contributed by atoms with Gasteiger partial charge in [-0.15, -0.1) is 10.2 Å². The van der Waals surface area contributed by atoms with Gasteiger partial charge in [0, 0.05) is 10.0 Å². The second kappa shape index (κ2) is 5.27. The molecule has 1 aromatic carbocycles. The summed E-state index contributed by atoms with van der Waals surface area (Å²) in [6, 6.07) is 11.9. The molecular formula is C13H11BrN4O. The summed E-state index contributed by atoms with van der Waals surface area (Å²) in [5.74, 6) is 1.71. The van der Waals surface area contributed by atoms with E-state index < -0.39 is 0 Å². The van der Waals surface area contributed by atoms with Gasteiger partial charge in [0.15, 0.2) is 0 Å². The summed E-state index contributed by atoms with van der Waals surface area (Å²) < 4.78 is 8.51. The zero-order valence-electron chi connectivity index (χ0n) is 9.95. The minimum atomic E-state index is 0.578. The molecule has 2 aromatic heterocycles. The first-order valence-electron chi connectivity index (χ1n) is 5.74. The number of aromatic nitrogens is 3. The Kier molecular flexibility index (Phi) is 3.33. The second-order valence-corrected chi connectivity index (χ2v) is 4.89. The van der Waals surface area contributed by atoms with Crippen molar-refractivity contribution < 1.29 is 4.42 Å². The Morgan fingerprint density at radius 3 is 2.53 bits per heavy atom. The fraction of sp³-hybridized carbons (Fsp3) is 0.0769. The highest BCUT2D eigenvalue weighted by atomic mass is 79.9. The number of benzene rings is 1. The molecule has 0 amide bonds. The average molecular weight is 319 g/mol. The third-order valence-electron chi connectivity index (χ3n) is 2.65. The Bertz CT molecular complexity index is 646. The first kappa shape index (κ1) is 12.0. The van der Waals surface area contributed by atoms with Gasteiger partial charge >= 0.3 is 0 Å². The van der Waals surface area contributed by atoms with Gasteiger partial charge < -0.3 is 9.84 Å². The molecule has 0 fully saturated rings. The van der Waals surface area contributed by atoms with Crippen LogP contribution in [-0.4, -0.2) is 14.9 Å². The molecule has 0 unspecified atom stereocenters. The Morgan fingerprint density at radius 2 is 1.79 bits per heavy atom. The molecule has 5 nitrogen and oxygen atoms in total. The molecule has 96 valence electrons. The summed E-state index contributed by atoms with van der Waals surface area (Å²) in [6.07, 6.45) is 3.19. The van der Waals surface area contributed by atoms with Crippen molar-refractivity contribution in [3.63, 3.8) is 0 Å². The van der Waals surface area contributed by atoms with Crippen molar-refractivity contribution in [3.05, 3.63) is 59.3 Å². The highest BCUT2D eigenvalue weighted by Gasteiger charge is 2.04. The van der Waals surface area contributed by atoms with Gasteiger partial charge in [0.1, 0.15) is 24.2 Å². The van der Waals surface area contributed by atoms with Gasteiger partial charge in [0.25, 0.3) is 0 Å². The first-order valence-corrected chi connectivity index (χ1v) is 6.54. The van der Waals surface area contributed by atoms with Crippen molar-refractivity contribution in [3.8, 4) is 11.3 Å². The lowest BCUT2D eigenvalue weighted by molar-refractivity contribution is 0.523. The smallest absolute Gasteiger partial charge is 0.138 e. The lowest BCUT2D eigenvalue weighted by atomic mass is 10.2. The van der Waals surface area contributed by atoms with Gasteiger partial charge in [0.05, 0.1) is 6.54 Å². The molecule has 0 bridgehead atoms. The maximum atomic E-state index is 5.78. The summed E-state index contributed by atoms with van der Waals surface area (Å²) in [4.78, 5) is 0. The minimum absolute atomic E-state index is 0.578. The zero-order valence-corrected chi connectivity index (χ0v) is 11.5. The monoisotopic (exact) mass is 318 g/mol. The standard InChI is InChI=1S/C13H11BrN4O/c14-11-3-1-10(2-4-11)13-6-5-12(19-13)7-17-18-8-15-16-9-18/h1-6,8-9,17H,7H2. The number of rotatable bonds is 4. The lowest BCUT2D eigenvalue weighted by Gasteiger charge is -2.03. The van der Waals surface area contributed by atoms with Crippen molar-refractivity contribution in [2.24, 2.45) is 0 Å². The summed E-state index contributed by atoms with van der Waals surface area (Å²) in [6.45, 7) is 0.578. The van der Waals surface area contributed by atoms with Crippen molar-refractivity contribution in [2.45, 2.75) is 6.54 Å². The van der Waals surface area contributed by atoms with Gasteiger partial charge in [0.2, 0.25) is 0 Å². The van der Waals surface area contributed by atoms with E-state index >= 15 is 0 Å². The van der Waals surface area contributed by atoms with Crippen LogP contribution < -0.4 is 5.43 Å². The van der Waals surface area contributed by atoms with E-state index in [-0.39, 0.29) is 0 Å². The molecule has 0 radical (unpaired) electrons. The Balaban J connectivity index is 1.70. The number of furan rings is 1. The van der Waals surface area contributed by atoms with Crippen molar-refractivity contribution in [1.29, 1.82) is 0 Å². The molecule has 0 aliphatic heterocycles. The predicted octanol–water partition coefficient (Wildman–Crippen LogP) is 3.04. The van der Waals surface area contributed by atoms with Crippen molar-refractivity contribution in [2.75, 3.05) is 5.43 Å². The maximum Gasteiger partial charge on any atom is 0.138 e. The minimum Gasteiger partial charge on any atom is -0.459 e. The Hall–Kier alpha value is -2.08. The van der Waals surface area contributed by atoms with Gasteiger partial charge in [-0.3, -0.25) is 0 Å². The summed E-state index contributed by atoms with van der Waals surface area (Å²) >= 11 is 3.41. The van der Waals surface area contributed by atoms with Crippen molar-refractivity contribution >= 4 is 15.9 Å². The van der Waals surface area contributed by atoms with Crippen LogP contribution in [0.4, 0.5) is 0 Å². The number of halogens is 1. The van der Waals surface area contributed by atoms with E-state index in [1.54, 1.807) is 17.3 Å². The average Bonchev–Trinajstić information content (AvgIpc) is 3.09. The molecule has 0 saturated heterocycles. The highest BCUT2D eigenvalue weighted by Crippen LogP contribution is 2.23. The van der Waals surface area contributed by atoms with Crippen LogP contribution in [0, 0.1) is 0 Å². The SMILES string of the molecule is Brc1ccc(-c2ccc(CNn3cnnc3)o2)cc1. The molecule has 0 aliphatic rings. The van der Waals surface area contributed by atoms with Crippen LogP contribution in [0.25, 0.3) is 11.3 Å². The second-order valence-electron chi connectivity index (χ2n) is 3.98. The Morgan fingerprint density at radius 1 is 1.05 bits per heavy atom. The fourth-order valence-electron chi connectivity index (χ4n) is 1.69. The molecule has 3 aromatic rings. The molecule has 3 rings (SSSR count). The van der Waals surface area contributed by atoms with Crippen LogP contribution in [-0.2, 0) is 6.54 Å². The molecule has 0 aliphatic carbocycles. The highest BCUT2D eigenvalue weighted by molar-refractivity contribution is 9.10. The molecule has 0 saturated carbocycles. The van der Waals surface area contributed by atoms with Crippen LogP contribution in [0.1, 0.15) is 5.76 Å². The number of hydrogen-bond donors (Lipinski definition) is 1. The van der Waals surface area contributed by atoms with Gasteiger partial charge in [-0.2, -0.15) is 0 Å². The fourth-order valence-corrected chi connectivity index (χ4v) is 1.96. The van der Waals surface area contributed by atoms with E-state index in [1.807, 2.05) is 36.4 Å². The van der Waals surface area contributed by atoms with E-state index in [0.717, 1.165) is 21.6 Å². The van der Waals surface area contributed by atoms with Crippen LogP contribution >= 0.6 is 15.9 Å². The molecule has 19 heavy (non-hydrogen) atoms. The molecule has 1 N–H and O–H groups in total. The maximum absolute atomic E-state index is 5.78.